The summed E-state index contributed by atoms with van der Waals surface area (Å²) in [6, 6.07) is 12.4. The third kappa shape index (κ3) is 4.20. The average Bonchev–Trinajstić information content (AvgIpc) is 2.63. The normalized spacial score (nSPS) is 15.6. The Balaban J connectivity index is 1.76. The van der Waals surface area contributed by atoms with Crippen molar-refractivity contribution in [3.05, 3.63) is 69.9 Å². The molecule has 0 saturated heterocycles. The lowest BCUT2D eigenvalue weighted by Crippen LogP contribution is -2.22. The highest BCUT2D eigenvalue weighted by Gasteiger charge is 2.28. The summed E-state index contributed by atoms with van der Waals surface area (Å²) < 4.78 is 0. The monoisotopic (exact) mass is 400 g/mol. The highest BCUT2D eigenvalue weighted by atomic mass is 16.1. The summed E-state index contributed by atoms with van der Waals surface area (Å²) >= 11 is 0. The Morgan fingerprint density at radius 3 is 2.27 bits per heavy atom. The fraction of sp³-hybridized carbons (Fsp3) is 0.320. The largest absolute Gasteiger partial charge is 0.339 e. The van der Waals surface area contributed by atoms with E-state index in [4.69, 9.17) is 9.97 Å². The zero-order valence-electron chi connectivity index (χ0n) is 18.3. The van der Waals surface area contributed by atoms with Crippen molar-refractivity contribution in [2.24, 2.45) is 5.92 Å². The van der Waals surface area contributed by atoms with Gasteiger partial charge in [-0.15, -0.1) is 0 Å². The number of aryl methyl sites for hydroxylation is 4. The van der Waals surface area contributed by atoms with Gasteiger partial charge in [0.05, 0.1) is 11.3 Å². The topological polar surface area (TPSA) is 66.9 Å². The molecule has 5 heteroatoms. The molecule has 1 aliphatic rings. The van der Waals surface area contributed by atoms with E-state index in [0.29, 0.717) is 23.8 Å². The van der Waals surface area contributed by atoms with Crippen LogP contribution < -0.4 is 10.6 Å². The molecule has 4 rings (SSSR count). The Labute approximate surface area is 178 Å². The molecular weight excluding hydrogens is 372 g/mol. The van der Waals surface area contributed by atoms with Crippen molar-refractivity contribution in [3.8, 4) is 0 Å². The molecule has 30 heavy (non-hydrogen) atoms. The van der Waals surface area contributed by atoms with E-state index in [9.17, 15) is 4.79 Å². The van der Waals surface area contributed by atoms with Gasteiger partial charge in [0.15, 0.2) is 5.78 Å². The Bertz CT molecular complexity index is 1120. The Hall–Kier alpha value is -3.21. The molecule has 3 aromatic rings. The summed E-state index contributed by atoms with van der Waals surface area (Å²) in [6.07, 6.45) is 1.30. The summed E-state index contributed by atoms with van der Waals surface area (Å²) in [5.41, 5.74) is 8.06. The molecule has 5 nitrogen and oxygen atoms in total. The number of nitrogens with zero attached hydrogens (tertiary/aromatic N) is 2. The molecule has 2 N–H and O–H groups in total. The van der Waals surface area contributed by atoms with Gasteiger partial charge in [0.25, 0.3) is 0 Å². The van der Waals surface area contributed by atoms with Gasteiger partial charge in [-0.2, -0.15) is 4.98 Å². The number of Topliss-reactive ketones (excluding diaryl/α,β-unsaturated/α-hetero) is 1. The number of rotatable bonds is 4. The molecule has 154 valence electrons. The first kappa shape index (κ1) is 20.1. The summed E-state index contributed by atoms with van der Waals surface area (Å²) in [5.74, 6) is 1.47. The predicted octanol–water partition coefficient (Wildman–Crippen LogP) is 5.96. The molecule has 0 amide bonds. The lowest BCUT2D eigenvalue weighted by Gasteiger charge is -2.23. The molecule has 1 aliphatic carbocycles. The lowest BCUT2D eigenvalue weighted by molar-refractivity contribution is 0.0953. The van der Waals surface area contributed by atoms with E-state index in [1.807, 2.05) is 6.07 Å². The molecule has 0 fully saturated rings. The van der Waals surface area contributed by atoms with Gasteiger partial charge in [0.1, 0.15) is 5.82 Å². The smallest absolute Gasteiger partial charge is 0.229 e. The Morgan fingerprint density at radius 2 is 1.57 bits per heavy atom. The summed E-state index contributed by atoms with van der Waals surface area (Å²) in [7, 11) is 0. The predicted molar refractivity (Wildman–Crippen MR) is 122 cm³/mol. The molecule has 0 bridgehead atoms. The first-order valence-corrected chi connectivity index (χ1v) is 10.4. The van der Waals surface area contributed by atoms with E-state index < -0.39 is 0 Å². The van der Waals surface area contributed by atoms with Crippen LogP contribution >= 0.6 is 0 Å². The maximum atomic E-state index is 12.9. The minimum atomic E-state index is 0.105. The molecule has 2 aromatic carbocycles. The second-order valence-corrected chi connectivity index (χ2v) is 8.58. The van der Waals surface area contributed by atoms with Crippen molar-refractivity contribution in [2.45, 2.75) is 47.5 Å². The molecule has 0 aliphatic heterocycles. The van der Waals surface area contributed by atoms with Gasteiger partial charge in [-0.25, -0.2) is 4.98 Å². The molecule has 1 heterocycles. The van der Waals surface area contributed by atoms with E-state index in [1.54, 1.807) is 0 Å². The molecule has 0 spiro atoms. The fourth-order valence-corrected chi connectivity index (χ4v) is 4.05. The molecular formula is C25H28N4O. The third-order valence-corrected chi connectivity index (χ3v) is 5.59. The second-order valence-electron chi connectivity index (χ2n) is 8.58. The first-order valence-electron chi connectivity index (χ1n) is 10.4. The van der Waals surface area contributed by atoms with Gasteiger partial charge in [-0.05, 0) is 86.6 Å². The van der Waals surface area contributed by atoms with Crippen molar-refractivity contribution >= 4 is 28.9 Å². The average molecular weight is 401 g/mol. The number of ketones is 1. The van der Waals surface area contributed by atoms with Crippen molar-refractivity contribution in [1.29, 1.82) is 0 Å². The summed E-state index contributed by atoms with van der Waals surface area (Å²) in [5, 5.41) is 6.72. The van der Waals surface area contributed by atoms with Crippen LogP contribution in [-0.2, 0) is 6.42 Å². The molecule has 1 aromatic heterocycles. The van der Waals surface area contributed by atoms with Crippen LogP contribution in [0.4, 0.5) is 23.1 Å². The number of aromatic nitrogens is 2. The second kappa shape index (κ2) is 7.90. The SMILES string of the molecule is Cc1cc(C)cc(Nc2nc(Nc3ccc(C)c(C)c3)nc3c2C(=O)CC(C)C3)c1. The van der Waals surface area contributed by atoms with Crippen molar-refractivity contribution < 1.29 is 4.79 Å². The number of carbonyl (C=O) groups excluding carboxylic acids is 1. The van der Waals surface area contributed by atoms with E-state index in [1.165, 1.54) is 11.1 Å². The van der Waals surface area contributed by atoms with E-state index >= 15 is 0 Å². The van der Waals surface area contributed by atoms with Crippen LogP contribution in [0.3, 0.4) is 0 Å². The zero-order valence-corrected chi connectivity index (χ0v) is 18.3. The Kier molecular flexibility index (Phi) is 5.29. The molecule has 1 atom stereocenters. The lowest BCUT2D eigenvalue weighted by atomic mass is 9.87. The van der Waals surface area contributed by atoms with Crippen LogP contribution in [0.1, 0.15) is 51.7 Å². The number of fused-ring (bicyclic) bond motifs is 1. The van der Waals surface area contributed by atoms with E-state index in [0.717, 1.165) is 34.6 Å². The number of hydrogen-bond acceptors (Lipinski definition) is 5. The maximum absolute atomic E-state index is 12.9. The number of benzene rings is 2. The number of nitrogens with one attached hydrogen (secondary N) is 2. The van der Waals surface area contributed by atoms with Crippen LogP contribution in [-0.4, -0.2) is 15.8 Å². The zero-order chi connectivity index (χ0) is 21.4. The van der Waals surface area contributed by atoms with Crippen LogP contribution in [0.2, 0.25) is 0 Å². The summed E-state index contributed by atoms with van der Waals surface area (Å²) in [4.78, 5) is 22.3. The molecule has 1 unspecified atom stereocenters. The minimum Gasteiger partial charge on any atom is -0.339 e. The van der Waals surface area contributed by atoms with Gasteiger partial charge in [-0.3, -0.25) is 4.79 Å². The van der Waals surface area contributed by atoms with E-state index in [2.05, 4.69) is 75.6 Å². The first-order chi connectivity index (χ1) is 14.3. The van der Waals surface area contributed by atoms with Gasteiger partial charge in [0.2, 0.25) is 5.95 Å². The third-order valence-electron chi connectivity index (χ3n) is 5.59. The van der Waals surface area contributed by atoms with Crippen LogP contribution in [0.5, 0.6) is 0 Å². The quantitative estimate of drug-likeness (QED) is 0.565. The standard InChI is InChI=1S/C25H28N4O/c1-14-8-15(2)10-20(9-14)26-24-23-21(11-16(3)12-22(23)30)28-25(29-24)27-19-7-6-17(4)18(5)13-19/h6-10,13,16H,11-12H2,1-5H3,(H2,26,27,28,29). The fourth-order valence-electron chi connectivity index (χ4n) is 4.05. The number of hydrogen-bond donors (Lipinski definition) is 2. The Morgan fingerprint density at radius 1 is 0.833 bits per heavy atom. The number of anilines is 4. The van der Waals surface area contributed by atoms with Crippen LogP contribution in [0.25, 0.3) is 0 Å². The van der Waals surface area contributed by atoms with Crippen LogP contribution in [0, 0.1) is 33.6 Å². The van der Waals surface area contributed by atoms with E-state index in [-0.39, 0.29) is 11.7 Å². The van der Waals surface area contributed by atoms with Crippen molar-refractivity contribution in [2.75, 3.05) is 10.6 Å². The highest BCUT2D eigenvalue weighted by Crippen LogP contribution is 2.32. The molecule has 0 radical (unpaired) electrons. The number of carbonyl (C=O) groups is 1. The van der Waals surface area contributed by atoms with Crippen molar-refractivity contribution in [3.63, 3.8) is 0 Å². The van der Waals surface area contributed by atoms with Gasteiger partial charge >= 0.3 is 0 Å². The van der Waals surface area contributed by atoms with Crippen LogP contribution in [0.15, 0.2) is 36.4 Å². The highest BCUT2D eigenvalue weighted by molar-refractivity contribution is 6.03. The van der Waals surface area contributed by atoms with Gasteiger partial charge < -0.3 is 10.6 Å². The van der Waals surface area contributed by atoms with Gasteiger partial charge in [0, 0.05) is 17.8 Å². The molecule has 0 saturated carbocycles. The van der Waals surface area contributed by atoms with Crippen molar-refractivity contribution in [1.82, 2.24) is 9.97 Å². The minimum absolute atomic E-state index is 0.105. The summed E-state index contributed by atoms with van der Waals surface area (Å²) in [6.45, 7) is 10.4. The maximum Gasteiger partial charge on any atom is 0.229 e. The van der Waals surface area contributed by atoms with Gasteiger partial charge in [-0.1, -0.05) is 19.1 Å².